The second-order valence-corrected chi connectivity index (χ2v) is 5.76. The topological polar surface area (TPSA) is 46.3 Å². The lowest BCUT2D eigenvalue weighted by Crippen LogP contribution is -2.48. The molecule has 4 heteroatoms. The molecular weight excluding hydrogens is 252 g/mol. The Balaban J connectivity index is 1.77. The number of hydrogen-bond donors (Lipinski definition) is 0. The smallest absolute Gasteiger partial charge is 0.227 e. The third kappa shape index (κ3) is 2.42. The minimum Gasteiger partial charge on any atom is -0.443 e. The monoisotopic (exact) mass is 272 g/mol. The van der Waals surface area contributed by atoms with E-state index in [0.717, 1.165) is 29.5 Å². The number of aromatic nitrogens is 1. The van der Waals surface area contributed by atoms with Crippen LogP contribution in [0.25, 0.3) is 11.1 Å². The van der Waals surface area contributed by atoms with Crippen molar-refractivity contribution in [1.82, 2.24) is 9.88 Å². The van der Waals surface area contributed by atoms with Gasteiger partial charge in [0.25, 0.3) is 0 Å². The van der Waals surface area contributed by atoms with E-state index in [1.807, 2.05) is 23.1 Å². The molecule has 1 aromatic heterocycles. The number of fused-ring (bicyclic) bond motifs is 1. The molecule has 0 aliphatic carbocycles. The van der Waals surface area contributed by atoms with Crippen molar-refractivity contribution in [3.8, 4) is 0 Å². The van der Waals surface area contributed by atoms with Crippen molar-refractivity contribution in [3.63, 3.8) is 0 Å². The normalized spacial score (nSPS) is 23.2. The molecule has 106 valence electrons. The fourth-order valence-electron chi connectivity index (χ4n) is 3.19. The molecular formula is C16H20N2O2. The Morgan fingerprint density at radius 1 is 1.35 bits per heavy atom. The van der Waals surface area contributed by atoms with Crippen LogP contribution in [0.2, 0.25) is 0 Å². The molecule has 1 fully saturated rings. The zero-order valence-corrected chi connectivity index (χ0v) is 12.0. The van der Waals surface area contributed by atoms with Crippen LogP contribution in [0.1, 0.15) is 38.7 Å². The van der Waals surface area contributed by atoms with E-state index in [0.29, 0.717) is 18.5 Å². The minimum absolute atomic E-state index is 0.212. The van der Waals surface area contributed by atoms with Gasteiger partial charge >= 0.3 is 0 Å². The number of carbonyl (C=O) groups excluding carboxylic acids is 1. The maximum absolute atomic E-state index is 12.5. The molecule has 2 heterocycles. The number of carbonyl (C=O) groups is 1. The zero-order chi connectivity index (χ0) is 14.1. The summed E-state index contributed by atoms with van der Waals surface area (Å²) in [7, 11) is 0. The summed E-state index contributed by atoms with van der Waals surface area (Å²) in [6.45, 7) is 4.29. The number of benzene rings is 1. The minimum atomic E-state index is 0.212. The largest absolute Gasteiger partial charge is 0.443 e. The second-order valence-electron chi connectivity index (χ2n) is 5.76. The lowest BCUT2D eigenvalue weighted by Gasteiger charge is -2.39. The summed E-state index contributed by atoms with van der Waals surface area (Å²) < 4.78 is 5.29. The van der Waals surface area contributed by atoms with Gasteiger partial charge in [-0.05, 0) is 50.8 Å². The summed E-state index contributed by atoms with van der Waals surface area (Å²) in [5.74, 6) is 0.212. The molecule has 2 atom stereocenters. The Bertz CT molecular complexity index is 610. The summed E-state index contributed by atoms with van der Waals surface area (Å²) in [6.07, 6.45) is 5.31. The van der Waals surface area contributed by atoms with Crippen LogP contribution in [-0.2, 0) is 11.2 Å². The average Bonchev–Trinajstić information content (AvgIpc) is 2.85. The van der Waals surface area contributed by atoms with E-state index in [1.165, 1.54) is 12.8 Å². The molecule has 0 saturated carbocycles. The molecule has 2 unspecified atom stereocenters. The molecule has 2 aromatic rings. The van der Waals surface area contributed by atoms with Gasteiger partial charge in [-0.25, -0.2) is 4.98 Å². The first-order valence-corrected chi connectivity index (χ1v) is 7.28. The maximum Gasteiger partial charge on any atom is 0.227 e. The van der Waals surface area contributed by atoms with Crippen LogP contribution in [0.3, 0.4) is 0 Å². The number of rotatable bonds is 2. The molecule has 4 nitrogen and oxygen atoms in total. The number of amides is 1. The van der Waals surface area contributed by atoms with Gasteiger partial charge in [0, 0.05) is 12.1 Å². The summed E-state index contributed by atoms with van der Waals surface area (Å²) >= 11 is 0. The Labute approximate surface area is 118 Å². The third-order valence-corrected chi connectivity index (χ3v) is 4.23. The van der Waals surface area contributed by atoms with Crippen molar-refractivity contribution in [3.05, 3.63) is 30.2 Å². The van der Waals surface area contributed by atoms with Gasteiger partial charge < -0.3 is 9.32 Å². The molecule has 20 heavy (non-hydrogen) atoms. The fraction of sp³-hybridized carbons (Fsp3) is 0.500. The van der Waals surface area contributed by atoms with Gasteiger partial charge in [-0.3, -0.25) is 4.79 Å². The van der Waals surface area contributed by atoms with Crippen molar-refractivity contribution < 1.29 is 9.21 Å². The molecule has 0 bridgehead atoms. The molecule has 0 radical (unpaired) electrons. The van der Waals surface area contributed by atoms with Crippen LogP contribution >= 0.6 is 0 Å². The van der Waals surface area contributed by atoms with Crippen LogP contribution in [-0.4, -0.2) is 27.9 Å². The van der Waals surface area contributed by atoms with Crippen molar-refractivity contribution in [1.29, 1.82) is 0 Å². The highest BCUT2D eigenvalue weighted by Gasteiger charge is 2.28. The summed E-state index contributed by atoms with van der Waals surface area (Å²) in [6, 6.07) is 6.48. The molecule has 1 aliphatic heterocycles. The van der Waals surface area contributed by atoms with Gasteiger partial charge in [0.05, 0.1) is 6.42 Å². The Hall–Kier alpha value is -1.84. The predicted molar refractivity (Wildman–Crippen MR) is 77.3 cm³/mol. The molecule has 1 amide bonds. The number of piperidine rings is 1. The first-order chi connectivity index (χ1) is 9.65. The Morgan fingerprint density at radius 2 is 2.10 bits per heavy atom. The lowest BCUT2D eigenvalue weighted by molar-refractivity contribution is -0.136. The highest BCUT2D eigenvalue weighted by Crippen LogP contribution is 2.24. The molecule has 0 spiro atoms. The average molecular weight is 272 g/mol. The van der Waals surface area contributed by atoms with Gasteiger partial charge in [-0.1, -0.05) is 6.07 Å². The van der Waals surface area contributed by atoms with E-state index in [-0.39, 0.29) is 5.91 Å². The van der Waals surface area contributed by atoms with E-state index in [9.17, 15) is 4.79 Å². The number of likely N-dealkylation sites (tertiary alicyclic amines) is 1. The fourth-order valence-corrected chi connectivity index (χ4v) is 3.19. The standard InChI is InChI=1S/C16H20N2O2/c1-11-4-3-5-12(2)18(11)16(19)9-13-6-7-14-15(8-13)20-10-17-14/h6-8,10-12H,3-5,9H2,1-2H3. The van der Waals surface area contributed by atoms with Gasteiger partial charge in [-0.2, -0.15) is 0 Å². The van der Waals surface area contributed by atoms with E-state index < -0.39 is 0 Å². The first-order valence-electron chi connectivity index (χ1n) is 7.28. The van der Waals surface area contributed by atoms with Gasteiger partial charge in [-0.15, -0.1) is 0 Å². The third-order valence-electron chi connectivity index (χ3n) is 4.23. The van der Waals surface area contributed by atoms with Crippen LogP contribution in [0.5, 0.6) is 0 Å². The van der Waals surface area contributed by atoms with E-state index in [2.05, 4.69) is 18.8 Å². The lowest BCUT2D eigenvalue weighted by atomic mass is 9.96. The molecule has 3 rings (SSSR count). The number of oxazole rings is 1. The second kappa shape index (κ2) is 5.27. The van der Waals surface area contributed by atoms with Gasteiger partial charge in [0.1, 0.15) is 5.52 Å². The van der Waals surface area contributed by atoms with E-state index in [4.69, 9.17) is 4.42 Å². The number of hydrogen-bond acceptors (Lipinski definition) is 3. The highest BCUT2D eigenvalue weighted by atomic mass is 16.3. The van der Waals surface area contributed by atoms with Crippen molar-refractivity contribution in [2.75, 3.05) is 0 Å². The van der Waals surface area contributed by atoms with Crippen molar-refractivity contribution in [2.45, 2.75) is 51.6 Å². The van der Waals surface area contributed by atoms with Gasteiger partial charge in [0.15, 0.2) is 12.0 Å². The molecule has 1 aromatic carbocycles. The van der Waals surface area contributed by atoms with Crippen molar-refractivity contribution >= 4 is 17.0 Å². The number of nitrogens with zero attached hydrogens (tertiary/aromatic N) is 2. The van der Waals surface area contributed by atoms with Crippen molar-refractivity contribution in [2.24, 2.45) is 0 Å². The first kappa shape index (κ1) is 13.2. The molecule has 0 N–H and O–H groups in total. The summed E-state index contributed by atoms with van der Waals surface area (Å²) in [4.78, 5) is 18.7. The molecule has 1 saturated heterocycles. The summed E-state index contributed by atoms with van der Waals surface area (Å²) in [5.41, 5.74) is 2.57. The van der Waals surface area contributed by atoms with Crippen LogP contribution in [0, 0.1) is 0 Å². The predicted octanol–water partition coefficient (Wildman–Crippen LogP) is 3.16. The van der Waals surface area contributed by atoms with E-state index in [1.54, 1.807) is 0 Å². The quantitative estimate of drug-likeness (QED) is 0.843. The van der Waals surface area contributed by atoms with Gasteiger partial charge in [0.2, 0.25) is 5.91 Å². The molecule has 1 aliphatic rings. The Kier molecular flexibility index (Phi) is 3.47. The van der Waals surface area contributed by atoms with Crippen LogP contribution in [0.4, 0.5) is 0 Å². The SMILES string of the molecule is CC1CCCC(C)N1C(=O)Cc1ccc2ncoc2c1. The van der Waals surface area contributed by atoms with Crippen LogP contribution in [0.15, 0.2) is 29.0 Å². The highest BCUT2D eigenvalue weighted by molar-refractivity contribution is 5.81. The summed E-state index contributed by atoms with van der Waals surface area (Å²) in [5, 5.41) is 0. The van der Waals surface area contributed by atoms with E-state index >= 15 is 0 Å². The zero-order valence-electron chi connectivity index (χ0n) is 12.0. The Morgan fingerprint density at radius 3 is 2.85 bits per heavy atom. The maximum atomic E-state index is 12.5. The van der Waals surface area contributed by atoms with Crippen LogP contribution < -0.4 is 0 Å².